The monoisotopic (exact) mass is 233 g/mol. The highest BCUT2D eigenvalue weighted by atomic mass is 35.5. The van der Waals surface area contributed by atoms with Crippen LogP contribution in [0.15, 0.2) is 0 Å². The number of rotatable bonds is 3. The molecule has 1 N–H and O–H groups in total. The molecular formula is C12H24ClNO. The van der Waals surface area contributed by atoms with E-state index >= 15 is 0 Å². The zero-order valence-electron chi connectivity index (χ0n) is 10.5. The second-order valence-electron chi connectivity index (χ2n) is 5.18. The van der Waals surface area contributed by atoms with E-state index in [2.05, 4.69) is 33.0 Å². The molecular weight excluding hydrogens is 210 g/mol. The summed E-state index contributed by atoms with van der Waals surface area (Å²) in [5.74, 6) is 0.623. The summed E-state index contributed by atoms with van der Waals surface area (Å²) in [4.78, 5) is 0. The van der Waals surface area contributed by atoms with Crippen molar-refractivity contribution in [3.05, 3.63) is 0 Å². The average Bonchev–Trinajstić information content (AvgIpc) is 2.21. The highest BCUT2D eigenvalue weighted by molar-refractivity contribution is 6.22. The van der Waals surface area contributed by atoms with Gasteiger partial charge in [0.2, 0.25) is 0 Å². The molecule has 1 rings (SSSR count). The summed E-state index contributed by atoms with van der Waals surface area (Å²) < 4.78 is 5.51. The zero-order valence-corrected chi connectivity index (χ0v) is 11.3. The van der Waals surface area contributed by atoms with Gasteiger partial charge in [-0.2, -0.15) is 0 Å². The Morgan fingerprint density at radius 1 is 1.53 bits per heavy atom. The number of alkyl halides is 1. The van der Waals surface area contributed by atoms with Crippen molar-refractivity contribution in [3.63, 3.8) is 0 Å². The van der Waals surface area contributed by atoms with Crippen molar-refractivity contribution >= 4 is 11.6 Å². The van der Waals surface area contributed by atoms with Crippen LogP contribution in [0, 0.1) is 5.92 Å². The van der Waals surface area contributed by atoms with Crippen molar-refractivity contribution in [2.75, 3.05) is 7.11 Å². The van der Waals surface area contributed by atoms with Crippen LogP contribution in [-0.2, 0) is 4.74 Å². The number of hydrogen-bond donors (Lipinski definition) is 1. The molecule has 3 heteroatoms. The van der Waals surface area contributed by atoms with Gasteiger partial charge in [0.25, 0.3) is 0 Å². The van der Waals surface area contributed by atoms with Gasteiger partial charge in [-0.05, 0) is 25.7 Å². The van der Waals surface area contributed by atoms with Crippen molar-refractivity contribution in [1.82, 2.24) is 5.32 Å². The number of ether oxygens (including phenoxy) is 1. The van der Waals surface area contributed by atoms with Crippen LogP contribution in [0.3, 0.4) is 0 Å². The lowest BCUT2D eigenvalue weighted by atomic mass is 9.80. The van der Waals surface area contributed by atoms with E-state index in [-0.39, 0.29) is 17.0 Å². The van der Waals surface area contributed by atoms with Gasteiger partial charge in [0, 0.05) is 18.7 Å². The van der Waals surface area contributed by atoms with E-state index in [1.807, 2.05) is 0 Å². The van der Waals surface area contributed by atoms with Gasteiger partial charge in [-0.3, -0.25) is 0 Å². The van der Waals surface area contributed by atoms with Crippen LogP contribution in [0.5, 0.6) is 0 Å². The van der Waals surface area contributed by atoms with Crippen molar-refractivity contribution in [3.8, 4) is 0 Å². The summed E-state index contributed by atoms with van der Waals surface area (Å²) in [6, 6.07) is 0.509. The first-order chi connectivity index (χ1) is 6.94. The first kappa shape index (κ1) is 13.3. The van der Waals surface area contributed by atoms with Gasteiger partial charge in [0.15, 0.2) is 0 Å². The third-order valence-corrected chi connectivity index (χ3v) is 4.54. The number of hydrogen-bond acceptors (Lipinski definition) is 2. The quantitative estimate of drug-likeness (QED) is 0.757. The van der Waals surface area contributed by atoms with Gasteiger partial charge in [-0.15, -0.1) is 11.6 Å². The Balaban J connectivity index is 2.81. The number of piperidine rings is 1. The van der Waals surface area contributed by atoms with Crippen molar-refractivity contribution < 1.29 is 4.74 Å². The maximum absolute atomic E-state index is 6.47. The first-order valence-electron chi connectivity index (χ1n) is 5.89. The maximum Gasteiger partial charge on any atom is 0.0777 e. The van der Waals surface area contributed by atoms with E-state index in [0.717, 1.165) is 12.8 Å². The van der Waals surface area contributed by atoms with Crippen LogP contribution in [0.4, 0.5) is 0 Å². The Morgan fingerprint density at radius 3 is 2.53 bits per heavy atom. The Labute approximate surface area is 98.7 Å². The van der Waals surface area contributed by atoms with Crippen molar-refractivity contribution in [1.29, 1.82) is 0 Å². The lowest BCUT2D eigenvalue weighted by Gasteiger charge is -2.48. The molecule has 90 valence electrons. The van der Waals surface area contributed by atoms with Gasteiger partial charge in [-0.25, -0.2) is 0 Å². The average molecular weight is 234 g/mol. The Kier molecular flexibility index (Phi) is 4.45. The van der Waals surface area contributed by atoms with E-state index in [9.17, 15) is 0 Å². The van der Waals surface area contributed by atoms with Crippen LogP contribution >= 0.6 is 11.6 Å². The number of nitrogens with one attached hydrogen (secondary N) is 1. The summed E-state index contributed by atoms with van der Waals surface area (Å²) in [5.41, 5.74) is -0.00454. The van der Waals surface area contributed by atoms with E-state index in [4.69, 9.17) is 16.3 Å². The molecule has 0 bridgehead atoms. The molecule has 4 unspecified atom stereocenters. The molecule has 1 aliphatic rings. The van der Waals surface area contributed by atoms with Gasteiger partial charge < -0.3 is 10.1 Å². The zero-order chi connectivity index (χ0) is 11.6. The molecule has 15 heavy (non-hydrogen) atoms. The maximum atomic E-state index is 6.47. The Morgan fingerprint density at radius 2 is 2.13 bits per heavy atom. The summed E-state index contributed by atoms with van der Waals surface area (Å²) >= 11 is 6.47. The molecule has 4 atom stereocenters. The minimum atomic E-state index is -0.00454. The summed E-state index contributed by atoms with van der Waals surface area (Å²) in [6.07, 6.45) is 2.22. The molecule has 1 aliphatic heterocycles. The van der Waals surface area contributed by atoms with Crippen LogP contribution in [0.1, 0.15) is 40.5 Å². The minimum Gasteiger partial charge on any atom is -0.380 e. The molecule has 1 heterocycles. The SMILES string of the molecule is CCC1(C)NC(C(C)C)CC(OC)C1Cl. The minimum absolute atomic E-state index is 0.00454. The summed E-state index contributed by atoms with van der Waals surface area (Å²) in [7, 11) is 1.76. The van der Waals surface area contributed by atoms with Gasteiger partial charge in [0.1, 0.15) is 0 Å². The van der Waals surface area contributed by atoms with Gasteiger partial charge in [-0.1, -0.05) is 20.8 Å². The predicted octanol–water partition coefficient (Wildman–Crippen LogP) is 2.80. The summed E-state index contributed by atoms with van der Waals surface area (Å²) in [5, 5.41) is 3.74. The highest BCUT2D eigenvalue weighted by Crippen LogP contribution is 2.33. The largest absolute Gasteiger partial charge is 0.380 e. The molecule has 0 aliphatic carbocycles. The normalized spacial score (nSPS) is 42.2. The van der Waals surface area contributed by atoms with E-state index in [1.54, 1.807) is 7.11 Å². The lowest BCUT2D eigenvalue weighted by molar-refractivity contribution is 0.0167. The van der Waals surface area contributed by atoms with Crippen LogP contribution in [0.25, 0.3) is 0 Å². The fraction of sp³-hybridized carbons (Fsp3) is 1.00. The fourth-order valence-corrected chi connectivity index (χ4v) is 2.72. The molecule has 0 radical (unpaired) electrons. The van der Waals surface area contributed by atoms with Crippen LogP contribution < -0.4 is 5.32 Å². The summed E-state index contributed by atoms with van der Waals surface area (Å²) in [6.45, 7) is 8.87. The fourth-order valence-electron chi connectivity index (χ4n) is 2.29. The molecule has 2 nitrogen and oxygen atoms in total. The highest BCUT2D eigenvalue weighted by Gasteiger charge is 2.44. The Bertz CT molecular complexity index is 210. The molecule has 0 aromatic carbocycles. The second kappa shape index (κ2) is 5.03. The van der Waals surface area contributed by atoms with Crippen molar-refractivity contribution in [2.45, 2.75) is 63.6 Å². The third-order valence-electron chi connectivity index (χ3n) is 3.78. The number of methoxy groups -OCH3 is 1. The van der Waals surface area contributed by atoms with Crippen LogP contribution in [-0.4, -0.2) is 30.2 Å². The van der Waals surface area contributed by atoms with Gasteiger partial charge in [0.05, 0.1) is 11.5 Å². The van der Waals surface area contributed by atoms with Gasteiger partial charge >= 0.3 is 0 Å². The standard InChI is InChI=1S/C12H24ClNO/c1-6-12(4)11(13)10(15-5)7-9(14-12)8(2)3/h8-11,14H,6-7H2,1-5H3. The van der Waals surface area contributed by atoms with Crippen LogP contribution in [0.2, 0.25) is 0 Å². The lowest BCUT2D eigenvalue weighted by Crippen LogP contribution is -2.64. The van der Waals surface area contributed by atoms with E-state index in [1.165, 1.54) is 0 Å². The molecule has 0 amide bonds. The first-order valence-corrected chi connectivity index (χ1v) is 6.32. The smallest absolute Gasteiger partial charge is 0.0777 e. The topological polar surface area (TPSA) is 21.3 Å². The molecule has 1 saturated heterocycles. The van der Waals surface area contributed by atoms with Crippen molar-refractivity contribution in [2.24, 2.45) is 5.92 Å². The second-order valence-corrected chi connectivity index (χ2v) is 5.65. The van der Waals surface area contributed by atoms with E-state index in [0.29, 0.717) is 12.0 Å². The van der Waals surface area contributed by atoms with E-state index < -0.39 is 0 Å². The third kappa shape index (κ3) is 2.66. The molecule has 0 spiro atoms. The number of halogens is 1. The molecule has 1 fully saturated rings. The molecule has 0 saturated carbocycles. The Hall–Kier alpha value is 0.210. The molecule has 0 aromatic rings. The predicted molar refractivity (Wildman–Crippen MR) is 65.5 cm³/mol. The molecule has 0 aromatic heterocycles.